The normalized spacial score (nSPS) is 23.0. The van der Waals surface area contributed by atoms with Gasteiger partial charge < -0.3 is 4.74 Å². The molecule has 1 fully saturated rings. The number of hydrogen-bond donors (Lipinski definition) is 2. The first-order valence-corrected chi connectivity index (χ1v) is 7.03. The van der Waals surface area contributed by atoms with E-state index in [9.17, 15) is 4.79 Å². The lowest BCUT2D eigenvalue weighted by Gasteiger charge is -2.12. The number of carbonyl (C=O) groups is 1. The smallest absolute Gasteiger partial charge is 0.263 e. The maximum Gasteiger partial charge on any atom is 0.263 e. The molecule has 1 aliphatic heterocycles. The van der Waals surface area contributed by atoms with Gasteiger partial charge in [0.05, 0.1) is 6.10 Å². The molecule has 2 rings (SSSR count). The zero-order valence-electron chi connectivity index (χ0n) is 10.4. The zero-order valence-corrected chi connectivity index (χ0v) is 11.2. The molecule has 0 aliphatic carbocycles. The van der Waals surface area contributed by atoms with Crippen molar-refractivity contribution in [1.29, 1.82) is 0 Å². The highest BCUT2D eigenvalue weighted by Crippen LogP contribution is 2.26. The molecule has 18 heavy (non-hydrogen) atoms. The van der Waals surface area contributed by atoms with Gasteiger partial charge in [0.2, 0.25) is 0 Å². The van der Waals surface area contributed by atoms with E-state index in [4.69, 9.17) is 10.6 Å². The molecule has 2 atom stereocenters. The minimum atomic E-state index is -0.376. The number of hydrazine groups is 1. The molecule has 1 saturated heterocycles. The van der Waals surface area contributed by atoms with Crippen LogP contribution in [0.4, 0.5) is 0 Å². The number of hydrogen-bond acceptors (Lipinski definition) is 4. The van der Waals surface area contributed by atoms with Crippen molar-refractivity contribution in [3.63, 3.8) is 0 Å². The Balaban J connectivity index is 1.78. The summed E-state index contributed by atoms with van der Waals surface area (Å²) in [6.07, 6.45) is 1.43. The fraction of sp³-hybridized carbons (Fsp3) is 0.462. The summed E-state index contributed by atoms with van der Waals surface area (Å²) in [5.74, 6) is 5.74. The second-order valence-electron chi connectivity index (χ2n) is 4.46. The average Bonchev–Trinajstić information content (AvgIpc) is 2.86. The van der Waals surface area contributed by atoms with Crippen LogP contribution in [0.15, 0.2) is 29.2 Å². The summed E-state index contributed by atoms with van der Waals surface area (Å²) in [5.41, 5.74) is 3.40. The lowest BCUT2D eigenvalue weighted by atomic mass is 10.2. The number of ether oxygens (including phenoxy) is 1. The summed E-state index contributed by atoms with van der Waals surface area (Å²) < 4.78 is 5.65. The summed E-state index contributed by atoms with van der Waals surface area (Å²) in [6, 6.07) is 8.42. The zero-order chi connectivity index (χ0) is 13.0. The summed E-state index contributed by atoms with van der Waals surface area (Å²) in [5, 5.41) is 0. The largest absolute Gasteiger partial charge is 0.364 e. The molecule has 3 N–H and O–H groups in total. The van der Waals surface area contributed by atoms with Gasteiger partial charge >= 0.3 is 0 Å². The van der Waals surface area contributed by atoms with Crippen LogP contribution in [-0.2, 0) is 9.53 Å². The van der Waals surface area contributed by atoms with Crippen LogP contribution in [0.1, 0.15) is 18.4 Å². The molecule has 5 heteroatoms. The maximum absolute atomic E-state index is 11.3. The van der Waals surface area contributed by atoms with Crippen LogP contribution >= 0.6 is 11.8 Å². The predicted octanol–water partition coefficient (Wildman–Crippen LogP) is 1.62. The number of carbonyl (C=O) groups excluding carboxylic acids is 1. The van der Waals surface area contributed by atoms with Crippen molar-refractivity contribution >= 4 is 17.7 Å². The third-order valence-corrected chi connectivity index (χ3v) is 4.14. The monoisotopic (exact) mass is 266 g/mol. The number of rotatable bonds is 4. The lowest BCUT2D eigenvalue weighted by Crippen LogP contribution is -2.39. The SMILES string of the molecule is Cc1ccc(SCC2CCC(C(=O)NN)O2)cc1. The number of thioether (sulfide) groups is 1. The molecule has 1 aromatic rings. The fourth-order valence-corrected chi connectivity index (χ4v) is 2.89. The Bertz CT molecular complexity index is 408. The van der Waals surface area contributed by atoms with E-state index in [-0.39, 0.29) is 18.1 Å². The molecule has 0 aromatic heterocycles. The summed E-state index contributed by atoms with van der Waals surface area (Å²) in [7, 11) is 0. The van der Waals surface area contributed by atoms with Crippen LogP contribution in [0.25, 0.3) is 0 Å². The number of nitrogens with two attached hydrogens (primary N) is 1. The molecule has 1 amide bonds. The topological polar surface area (TPSA) is 64.4 Å². The van der Waals surface area contributed by atoms with E-state index < -0.39 is 0 Å². The van der Waals surface area contributed by atoms with E-state index >= 15 is 0 Å². The first-order valence-electron chi connectivity index (χ1n) is 6.04. The number of benzene rings is 1. The van der Waals surface area contributed by atoms with Gasteiger partial charge in [-0.25, -0.2) is 5.84 Å². The highest BCUT2D eigenvalue weighted by Gasteiger charge is 2.30. The highest BCUT2D eigenvalue weighted by molar-refractivity contribution is 7.99. The molecule has 4 nitrogen and oxygen atoms in total. The van der Waals surface area contributed by atoms with Crippen molar-refractivity contribution in [3.05, 3.63) is 29.8 Å². The summed E-state index contributed by atoms with van der Waals surface area (Å²) in [6.45, 7) is 2.07. The first kappa shape index (κ1) is 13.4. The summed E-state index contributed by atoms with van der Waals surface area (Å²) in [4.78, 5) is 12.5. The minimum Gasteiger partial charge on any atom is -0.364 e. The van der Waals surface area contributed by atoms with Gasteiger partial charge in [0, 0.05) is 10.6 Å². The van der Waals surface area contributed by atoms with Crippen molar-refractivity contribution in [2.45, 2.75) is 36.9 Å². The van der Waals surface area contributed by atoms with Crippen molar-refractivity contribution in [1.82, 2.24) is 5.43 Å². The summed E-state index contributed by atoms with van der Waals surface area (Å²) >= 11 is 1.76. The van der Waals surface area contributed by atoms with Crippen molar-refractivity contribution in [2.24, 2.45) is 5.84 Å². The Morgan fingerprint density at radius 2 is 2.17 bits per heavy atom. The molecular weight excluding hydrogens is 248 g/mol. The Morgan fingerprint density at radius 3 is 2.83 bits per heavy atom. The van der Waals surface area contributed by atoms with Gasteiger partial charge in [-0.05, 0) is 31.9 Å². The number of aryl methyl sites for hydroxylation is 1. The average molecular weight is 266 g/mol. The van der Waals surface area contributed by atoms with Gasteiger partial charge in [-0.2, -0.15) is 0 Å². The second-order valence-corrected chi connectivity index (χ2v) is 5.55. The van der Waals surface area contributed by atoms with E-state index in [0.717, 1.165) is 18.6 Å². The predicted molar refractivity (Wildman–Crippen MR) is 72.1 cm³/mol. The van der Waals surface area contributed by atoms with Crippen LogP contribution in [0.2, 0.25) is 0 Å². The van der Waals surface area contributed by atoms with E-state index in [2.05, 4.69) is 36.6 Å². The Kier molecular flexibility index (Phi) is 4.63. The van der Waals surface area contributed by atoms with Crippen LogP contribution in [-0.4, -0.2) is 23.9 Å². The van der Waals surface area contributed by atoms with Crippen molar-refractivity contribution in [2.75, 3.05) is 5.75 Å². The van der Waals surface area contributed by atoms with Gasteiger partial charge in [-0.1, -0.05) is 17.7 Å². The van der Waals surface area contributed by atoms with Gasteiger partial charge in [0.15, 0.2) is 0 Å². The lowest BCUT2D eigenvalue weighted by molar-refractivity contribution is -0.131. The highest BCUT2D eigenvalue weighted by atomic mass is 32.2. The van der Waals surface area contributed by atoms with E-state index in [1.807, 2.05) is 0 Å². The fourth-order valence-electron chi connectivity index (χ4n) is 1.94. The molecule has 0 bridgehead atoms. The molecule has 1 aromatic carbocycles. The third-order valence-electron chi connectivity index (χ3n) is 3.00. The molecule has 1 heterocycles. The van der Waals surface area contributed by atoms with E-state index in [1.165, 1.54) is 10.5 Å². The van der Waals surface area contributed by atoms with E-state index in [0.29, 0.717) is 0 Å². The number of amides is 1. The van der Waals surface area contributed by atoms with Crippen LogP contribution in [0, 0.1) is 6.92 Å². The second kappa shape index (κ2) is 6.22. The molecular formula is C13H18N2O2S. The first-order chi connectivity index (χ1) is 8.69. The standard InChI is InChI=1S/C13H18N2O2S/c1-9-2-5-11(6-3-9)18-8-10-4-7-12(17-10)13(16)15-14/h2-3,5-6,10,12H,4,7-8,14H2,1H3,(H,15,16). The number of nitrogens with one attached hydrogen (secondary N) is 1. The van der Waals surface area contributed by atoms with Gasteiger partial charge in [-0.15, -0.1) is 11.8 Å². The van der Waals surface area contributed by atoms with Crippen LogP contribution in [0.3, 0.4) is 0 Å². The molecule has 1 aliphatic rings. The Hall–Kier alpha value is -1.04. The van der Waals surface area contributed by atoms with Crippen molar-refractivity contribution in [3.8, 4) is 0 Å². The Morgan fingerprint density at radius 1 is 1.44 bits per heavy atom. The molecule has 2 unspecified atom stereocenters. The molecule has 98 valence electrons. The van der Waals surface area contributed by atoms with Gasteiger partial charge in [0.25, 0.3) is 5.91 Å². The molecule has 0 radical (unpaired) electrons. The quantitative estimate of drug-likeness (QED) is 0.376. The Labute approximate surface area is 111 Å². The van der Waals surface area contributed by atoms with Crippen molar-refractivity contribution < 1.29 is 9.53 Å². The maximum atomic E-state index is 11.3. The minimum absolute atomic E-state index is 0.138. The molecule has 0 saturated carbocycles. The third kappa shape index (κ3) is 3.48. The van der Waals surface area contributed by atoms with E-state index in [1.54, 1.807) is 11.8 Å². The van der Waals surface area contributed by atoms with Crippen LogP contribution in [0.5, 0.6) is 0 Å². The van der Waals surface area contributed by atoms with Gasteiger partial charge in [-0.3, -0.25) is 10.2 Å². The van der Waals surface area contributed by atoms with Gasteiger partial charge in [0.1, 0.15) is 6.10 Å². The molecule has 0 spiro atoms. The van der Waals surface area contributed by atoms with Crippen LogP contribution < -0.4 is 11.3 Å².